The molecule has 3 nitrogen and oxygen atoms in total. The van der Waals surface area contributed by atoms with Gasteiger partial charge in [0.15, 0.2) is 0 Å². The van der Waals surface area contributed by atoms with E-state index in [4.69, 9.17) is 9.84 Å². The van der Waals surface area contributed by atoms with Crippen LogP contribution in [0.4, 0.5) is 0 Å². The first-order valence-corrected chi connectivity index (χ1v) is 11.0. The van der Waals surface area contributed by atoms with Gasteiger partial charge in [-0.05, 0) is 25.0 Å². The molecule has 16 heavy (non-hydrogen) atoms. The van der Waals surface area contributed by atoms with Gasteiger partial charge in [0.05, 0.1) is 0 Å². The Kier molecular flexibility index (Phi) is 5.29. The molecule has 0 fully saturated rings. The van der Waals surface area contributed by atoms with Crippen LogP contribution in [0.5, 0.6) is 5.75 Å². The second kappa shape index (κ2) is 6.04. The normalized spacial score (nSPS) is 22.2. The Labute approximate surface area is 118 Å². The molecule has 0 aliphatic carbocycles. The van der Waals surface area contributed by atoms with E-state index in [0.29, 0.717) is 12.2 Å². The number of benzene rings is 1. The molecule has 1 aliphatic rings. The third-order valence-electron chi connectivity index (χ3n) is 2.63. The number of hydrogen-bond donors (Lipinski definition) is 1. The van der Waals surface area contributed by atoms with E-state index >= 15 is 0 Å². The maximum absolute atomic E-state index is 11.0. The molecule has 0 bridgehead atoms. The van der Waals surface area contributed by atoms with Crippen molar-refractivity contribution >= 4 is 43.2 Å². The zero-order valence-electron chi connectivity index (χ0n) is 8.74. The van der Waals surface area contributed by atoms with Gasteiger partial charge in [-0.25, -0.2) is 4.79 Å². The summed E-state index contributed by atoms with van der Waals surface area (Å²) >= 11 is 4.24. The summed E-state index contributed by atoms with van der Waals surface area (Å²) in [5.41, 5.74) is 0.0279. The number of carbonyl (C=O) groups is 1. The van der Waals surface area contributed by atoms with E-state index in [1.807, 2.05) is 24.3 Å². The van der Waals surface area contributed by atoms with Crippen LogP contribution >= 0.6 is 37.2 Å². The second-order valence-corrected chi connectivity index (χ2v) is 3.75. The highest BCUT2D eigenvalue weighted by Crippen LogP contribution is 2.32. The molecule has 1 heterocycles. The van der Waals surface area contributed by atoms with E-state index < -0.39 is 11.6 Å². The number of fused-ring (bicyclic) bond motifs is 1. The Morgan fingerprint density at radius 1 is 1.44 bits per heavy atom. The van der Waals surface area contributed by atoms with Gasteiger partial charge in [0.2, 0.25) is 5.60 Å². The van der Waals surface area contributed by atoms with Gasteiger partial charge in [0, 0.05) is 43.7 Å². The van der Waals surface area contributed by atoms with E-state index in [2.05, 4.69) is 37.2 Å². The fraction of sp³-hybridized carbons (Fsp3) is 0.364. The fourth-order valence-electron chi connectivity index (χ4n) is 1.63. The molecule has 0 aromatic heterocycles. The first kappa shape index (κ1) is 14.0. The smallest absolute Gasteiger partial charge is 0.347 e. The largest absolute Gasteiger partial charge is 0.478 e. The molecule has 0 spiro atoms. The van der Waals surface area contributed by atoms with Crippen molar-refractivity contribution in [3.8, 4) is 5.75 Å². The molecule has 1 unspecified atom stereocenters. The molecule has 5 heteroatoms. The van der Waals surface area contributed by atoms with Crippen molar-refractivity contribution in [3.63, 3.8) is 0 Å². The maximum atomic E-state index is 11.0. The monoisotopic (exact) mass is 446 g/mol. The lowest BCUT2D eigenvalue weighted by Crippen LogP contribution is -2.44. The predicted octanol–water partition coefficient (Wildman–Crippen LogP) is 3.63. The van der Waals surface area contributed by atoms with Gasteiger partial charge in [0.1, 0.15) is 5.75 Å². The quantitative estimate of drug-likeness (QED) is 0.671. The number of carboxylic acids is 1. The third-order valence-corrected chi connectivity index (χ3v) is 2.63. The van der Waals surface area contributed by atoms with E-state index in [1.165, 1.54) is 0 Å². The Morgan fingerprint density at radius 2 is 2.06 bits per heavy atom. The minimum Gasteiger partial charge on any atom is -0.478 e. The van der Waals surface area contributed by atoms with Crippen molar-refractivity contribution in [1.82, 2.24) is 0 Å². The minimum absolute atomic E-state index is 0.527. The zero-order chi connectivity index (χ0) is 12.2. The number of hydrogen-bond acceptors (Lipinski definition) is 2. The molecular formula is C11H12I2O3. The van der Waals surface area contributed by atoms with Crippen molar-refractivity contribution < 1.29 is 14.6 Å². The Balaban J connectivity index is 0.000000606. The number of ether oxygens (including phenoxy) is 1. The molecule has 1 aromatic carbocycles. The molecule has 0 amide bonds. The highest BCUT2D eigenvalue weighted by atomic mass is 128. The summed E-state index contributed by atoms with van der Waals surface area (Å²) in [7, 11) is 0. The number of para-hydroxylation sites is 1. The van der Waals surface area contributed by atoms with Gasteiger partial charge in [-0.3, -0.25) is 0 Å². The molecule has 1 aromatic rings. The lowest BCUT2D eigenvalue weighted by atomic mass is 9.93. The summed E-state index contributed by atoms with van der Waals surface area (Å²) in [6.07, 6.45) is 1.29. The molecule has 1 aliphatic heterocycles. The second-order valence-electron chi connectivity index (χ2n) is 3.75. The van der Waals surface area contributed by atoms with Crippen LogP contribution in [0.2, 0.25) is 0 Å². The summed E-state index contributed by atoms with van der Waals surface area (Å²) in [5.74, 6) is -0.198. The molecule has 1 N–H and O–H groups in total. The summed E-state index contributed by atoms with van der Waals surface area (Å²) in [6, 6.07) is 7.57. The Morgan fingerprint density at radius 3 is 2.69 bits per heavy atom. The summed E-state index contributed by atoms with van der Waals surface area (Å²) in [4.78, 5) is 11.0. The Hall–Kier alpha value is -0.0500. The Bertz CT molecular complexity index is 381. The first-order chi connectivity index (χ1) is 7.62. The van der Waals surface area contributed by atoms with Crippen LogP contribution in [-0.4, -0.2) is 16.7 Å². The van der Waals surface area contributed by atoms with Crippen molar-refractivity contribution in [2.45, 2.75) is 25.4 Å². The molecule has 0 saturated carbocycles. The van der Waals surface area contributed by atoms with Gasteiger partial charge in [0.25, 0.3) is 0 Å². The van der Waals surface area contributed by atoms with Crippen LogP contribution in [-0.2, 0) is 11.2 Å². The number of rotatable bonds is 1. The highest BCUT2D eigenvalue weighted by Gasteiger charge is 2.38. The van der Waals surface area contributed by atoms with E-state index in [1.54, 1.807) is 6.92 Å². The molecule has 0 radical (unpaired) electrons. The highest BCUT2D eigenvalue weighted by molar-refractivity contribution is 15.0. The first-order valence-electron chi connectivity index (χ1n) is 4.76. The predicted molar refractivity (Wildman–Crippen MR) is 79.5 cm³/mol. The number of carboxylic acid groups (broad SMARTS) is 1. The van der Waals surface area contributed by atoms with Gasteiger partial charge in [-0.15, -0.1) is 0 Å². The van der Waals surface area contributed by atoms with Crippen LogP contribution < -0.4 is 4.74 Å². The van der Waals surface area contributed by atoms with E-state index in [9.17, 15) is 4.79 Å². The molecule has 88 valence electrons. The van der Waals surface area contributed by atoms with Crippen molar-refractivity contribution in [2.24, 2.45) is 0 Å². The fourth-order valence-corrected chi connectivity index (χ4v) is 1.63. The lowest BCUT2D eigenvalue weighted by molar-refractivity contribution is -0.155. The average molecular weight is 446 g/mol. The van der Waals surface area contributed by atoms with Gasteiger partial charge >= 0.3 is 5.97 Å². The minimum atomic E-state index is -1.06. The number of aryl methyl sites for hydroxylation is 1. The summed E-state index contributed by atoms with van der Waals surface area (Å²) < 4.78 is 5.48. The van der Waals surface area contributed by atoms with Crippen LogP contribution in [0.3, 0.4) is 0 Å². The van der Waals surface area contributed by atoms with Crippen molar-refractivity contribution in [2.75, 3.05) is 0 Å². The number of aliphatic carboxylic acids is 1. The molecular weight excluding hydrogens is 434 g/mol. The zero-order valence-corrected chi connectivity index (χ0v) is 13.1. The van der Waals surface area contributed by atoms with E-state index in [0.717, 1.165) is 12.0 Å². The SMILES string of the molecule is CC1(C(=O)O)CCc2ccccc2O1.II. The average Bonchev–Trinajstić information content (AvgIpc) is 2.31. The van der Waals surface area contributed by atoms with Crippen molar-refractivity contribution in [3.05, 3.63) is 29.8 Å². The van der Waals surface area contributed by atoms with Crippen LogP contribution in [0.25, 0.3) is 0 Å². The summed E-state index contributed by atoms with van der Waals surface area (Å²) in [5, 5.41) is 9.00. The molecule has 1 atom stereocenters. The maximum Gasteiger partial charge on any atom is 0.347 e. The van der Waals surface area contributed by atoms with Gasteiger partial charge in [-0.1, -0.05) is 18.2 Å². The number of halogens is 2. The lowest BCUT2D eigenvalue weighted by Gasteiger charge is -2.31. The summed E-state index contributed by atoms with van der Waals surface area (Å²) in [6.45, 7) is 1.62. The standard InChI is InChI=1S/C11H12O3.I2/c1-11(10(12)13)7-6-8-4-2-3-5-9(8)14-11;1-2/h2-5H,6-7H2,1H3,(H,12,13);. The van der Waals surface area contributed by atoms with E-state index in [-0.39, 0.29) is 0 Å². The van der Waals surface area contributed by atoms with Crippen molar-refractivity contribution in [1.29, 1.82) is 0 Å². The van der Waals surface area contributed by atoms with Crippen LogP contribution in [0, 0.1) is 0 Å². The van der Waals surface area contributed by atoms with Crippen LogP contribution in [0.15, 0.2) is 24.3 Å². The third kappa shape index (κ3) is 2.99. The molecule has 0 saturated heterocycles. The van der Waals surface area contributed by atoms with Gasteiger partial charge in [-0.2, -0.15) is 0 Å². The molecule has 2 rings (SSSR count). The van der Waals surface area contributed by atoms with Crippen LogP contribution in [0.1, 0.15) is 18.9 Å². The van der Waals surface area contributed by atoms with Gasteiger partial charge < -0.3 is 9.84 Å². The topological polar surface area (TPSA) is 46.5 Å².